The summed E-state index contributed by atoms with van der Waals surface area (Å²) in [6.45, 7) is 2.11. The summed E-state index contributed by atoms with van der Waals surface area (Å²) in [6, 6.07) is 3.19. The van der Waals surface area contributed by atoms with Crippen molar-refractivity contribution in [3.8, 4) is 11.5 Å². The number of hydrogen-bond acceptors (Lipinski definition) is 7. The number of phenols is 1. The third-order valence-electron chi connectivity index (χ3n) is 3.63. The fourth-order valence-electron chi connectivity index (χ4n) is 2.41. The Balaban J connectivity index is 2.28. The van der Waals surface area contributed by atoms with Crippen molar-refractivity contribution in [1.29, 1.82) is 0 Å². The molecule has 1 fully saturated rings. The molecule has 0 bridgehead atoms. The molecule has 0 radical (unpaired) electrons. The van der Waals surface area contributed by atoms with Crippen LogP contribution in [0.3, 0.4) is 0 Å². The summed E-state index contributed by atoms with van der Waals surface area (Å²) in [4.78, 5) is 36.0. The Hall–Kier alpha value is -2.59. The molecule has 8 nitrogen and oxygen atoms in total. The van der Waals surface area contributed by atoms with Crippen molar-refractivity contribution < 1.29 is 34.4 Å². The maximum Gasteiger partial charge on any atom is 0.326 e. The van der Waals surface area contributed by atoms with Crippen LogP contribution in [-0.2, 0) is 14.4 Å². The predicted molar refractivity (Wildman–Crippen MR) is 103 cm³/mol. The third-order valence-corrected chi connectivity index (χ3v) is 4.96. The number of thioether (sulfide) groups is 1. The molecule has 1 amide bonds. The first-order valence-corrected chi connectivity index (χ1v) is 9.14. The molecule has 3 N–H and O–H groups in total. The van der Waals surface area contributed by atoms with Gasteiger partial charge in [0.15, 0.2) is 11.5 Å². The van der Waals surface area contributed by atoms with E-state index in [1.807, 2.05) is 0 Å². The second kappa shape index (κ2) is 8.87. The fraction of sp³-hybridized carbons (Fsp3) is 0.294. The summed E-state index contributed by atoms with van der Waals surface area (Å²) in [7, 11) is 0. The minimum atomic E-state index is -1.35. The van der Waals surface area contributed by atoms with Crippen LogP contribution in [0.4, 0.5) is 0 Å². The van der Waals surface area contributed by atoms with Crippen molar-refractivity contribution in [3.63, 3.8) is 0 Å². The van der Waals surface area contributed by atoms with Crippen LogP contribution in [0.2, 0.25) is 0 Å². The van der Waals surface area contributed by atoms with Crippen LogP contribution in [0.1, 0.15) is 25.3 Å². The van der Waals surface area contributed by atoms with E-state index in [9.17, 15) is 24.6 Å². The van der Waals surface area contributed by atoms with Gasteiger partial charge in [-0.1, -0.05) is 30.0 Å². The van der Waals surface area contributed by atoms with Gasteiger partial charge in [-0.15, -0.1) is 0 Å². The number of carbonyl (C=O) groups excluding carboxylic acids is 1. The first-order valence-electron chi connectivity index (χ1n) is 7.92. The Labute approximate surface area is 164 Å². The Kier molecular flexibility index (Phi) is 6.81. The predicted octanol–water partition coefficient (Wildman–Crippen LogP) is 2.31. The maximum absolute atomic E-state index is 12.6. The Morgan fingerprint density at radius 3 is 2.67 bits per heavy atom. The van der Waals surface area contributed by atoms with Crippen LogP contribution < -0.4 is 4.74 Å². The highest BCUT2D eigenvalue weighted by Crippen LogP contribution is 2.36. The zero-order valence-corrected chi connectivity index (χ0v) is 15.9. The standard InChI is InChI=1S/C17H17NO7S2/c1-2-25-12-7-9(3-5-11(12)19)8-13-15(22)18(17(26)27-13)10(16(23)24)4-6-14(20)21/h3,5,7-8,10,19H,2,4,6H2,1H3,(H,20,21)(H,23,24)/b13-8-/t10-/m1/s1. The second-order valence-electron chi connectivity index (χ2n) is 5.50. The third kappa shape index (κ3) is 4.98. The molecule has 0 saturated carbocycles. The minimum Gasteiger partial charge on any atom is -0.504 e. The Morgan fingerprint density at radius 2 is 2.07 bits per heavy atom. The van der Waals surface area contributed by atoms with E-state index in [1.165, 1.54) is 12.1 Å². The maximum atomic E-state index is 12.6. The molecule has 1 aliphatic heterocycles. The van der Waals surface area contributed by atoms with Crippen molar-refractivity contribution >= 4 is 52.2 Å². The highest BCUT2D eigenvalue weighted by Gasteiger charge is 2.40. The van der Waals surface area contributed by atoms with Gasteiger partial charge in [0, 0.05) is 6.42 Å². The van der Waals surface area contributed by atoms with Gasteiger partial charge in [0.1, 0.15) is 10.4 Å². The molecule has 1 heterocycles. The van der Waals surface area contributed by atoms with Crippen molar-refractivity contribution in [1.82, 2.24) is 4.90 Å². The summed E-state index contributed by atoms with van der Waals surface area (Å²) in [5, 5.41) is 27.9. The van der Waals surface area contributed by atoms with Gasteiger partial charge in [0.25, 0.3) is 5.91 Å². The summed E-state index contributed by atoms with van der Waals surface area (Å²) < 4.78 is 5.34. The first-order chi connectivity index (χ1) is 12.7. The number of aromatic hydroxyl groups is 1. The van der Waals surface area contributed by atoms with Gasteiger partial charge >= 0.3 is 11.9 Å². The SMILES string of the molecule is CCOc1cc(/C=C2\SC(=S)N([C@H](CCC(=O)O)C(=O)O)C2=O)ccc1O. The highest BCUT2D eigenvalue weighted by molar-refractivity contribution is 8.26. The number of hydrogen-bond donors (Lipinski definition) is 3. The Morgan fingerprint density at radius 1 is 1.37 bits per heavy atom. The number of aliphatic carboxylic acids is 2. The normalized spacial score (nSPS) is 16.6. The number of nitrogens with zero attached hydrogens (tertiary/aromatic N) is 1. The summed E-state index contributed by atoms with van der Waals surface area (Å²) in [6.07, 6.45) is 0.859. The van der Waals surface area contributed by atoms with Gasteiger partial charge in [-0.2, -0.15) is 0 Å². The molecule has 1 aromatic rings. The minimum absolute atomic E-state index is 0.0406. The first kappa shape index (κ1) is 20.7. The average molecular weight is 411 g/mol. The highest BCUT2D eigenvalue weighted by atomic mass is 32.2. The lowest BCUT2D eigenvalue weighted by Crippen LogP contribution is -2.44. The smallest absolute Gasteiger partial charge is 0.326 e. The molecule has 0 spiro atoms. The molecular weight excluding hydrogens is 394 g/mol. The Bertz CT molecular complexity index is 821. The molecule has 144 valence electrons. The molecule has 2 rings (SSSR count). The second-order valence-corrected chi connectivity index (χ2v) is 7.17. The van der Waals surface area contributed by atoms with E-state index in [4.69, 9.17) is 22.1 Å². The van der Waals surface area contributed by atoms with Gasteiger partial charge < -0.3 is 20.1 Å². The van der Waals surface area contributed by atoms with Crippen molar-refractivity contribution in [2.45, 2.75) is 25.8 Å². The summed E-state index contributed by atoms with van der Waals surface area (Å²) >= 11 is 6.06. The molecule has 1 aromatic carbocycles. The van der Waals surface area contributed by atoms with Crippen molar-refractivity contribution in [2.75, 3.05) is 6.61 Å². The van der Waals surface area contributed by atoms with E-state index in [1.54, 1.807) is 19.1 Å². The fourth-order valence-corrected chi connectivity index (χ4v) is 3.77. The van der Waals surface area contributed by atoms with Crippen LogP contribution in [0.15, 0.2) is 23.1 Å². The molecule has 0 unspecified atom stereocenters. The molecule has 1 atom stereocenters. The lowest BCUT2D eigenvalue weighted by molar-refractivity contribution is -0.146. The van der Waals surface area contributed by atoms with E-state index in [-0.39, 0.29) is 27.1 Å². The largest absolute Gasteiger partial charge is 0.504 e. The zero-order valence-electron chi connectivity index (χ0n) is 14.2. The van der Waals surface area contributed by atoms with E-state index < -0.39 is 30.3 Å². The van der Waals surface area contributed by atoms with Gasteiger partial charge in [0.2, 0.25) is 0 Å². The molecule has 1 saturated heterocycles. The molecule has 1 aliphatic rings. The molecule has 0 aliphatic carbocycles. The number of thiocarbonyl (C=S) groups is 1. The van der Waals surface area contributed by atoms with Gasteiger partial charge in [0.05, 0.1) is 11.5 Å². The van der Waals surface area contributed by atoms with Crippen molar-refractivity contribution in [3.05, 3.63) is 28.7 Å². The number of phenolic OH excluding ortho intramolecular Hbond substituents is 1. The number of ether oxygens (including phenoxy) is 1. The lowest BCUT2D eigenvalue weighted by atomic mass is 10.1. The number of carbonyl (C=O) groups is 3. The van der Waals surface area contributed by atoms with Gasteiger partial charge in [-0.05, 0) is 37.1 Å². The van der Waals surface area contributed by atoms with Crippen LogP contribution in [0, 0.1) is 0 Å². The van der Waals surface area contributed by atoms with Crippen LogP contribution >= 0.6 is 24.0 Å². The van der Waals surface area contributed by atoms with E-state index in [2.05, 4.69) is 0 Å². The van der Waals surface area contributed by atoms with Gasteiger partial charge in [-0.25, -0.2) is 4.79 Å². The lowest BCUT2D eigenvalue weighted by Gasteiger charge is -2.22. The number of rotatable bonds is 8. The molecule has 0 aromatic heterocycles. The number of carboxylic acids is 2. The van der Waals surface area contributed by atoms with E-state index in [0.29, 0.717) is 12.2 Å². The van der Waals surface area contributed by atoms with Crippen LogP contribution in [-0.4, -0.2) is 55.0 Å². The van der Waals surface area contributed by atoms with Crippen LogP contribution in [0.5, 0.6) is 11.5 Å². The van der Waals surface area contributed by atoms with E-state index in [0.717, 1.165) is 16.7 Å². The summed E-state index contributed by atoms with van der Waals surface area (Å²) in [5.41, 5.74) is 0.564. The number of amides is 1. The monoisotopic (exact) mass is 411 g/mol. The number of benzene rings is 1. The quantitative estimate of drug-likeness (QED) is 0.436. The topological polar surface area (TPSA) is 124 Å². The van der Waals surface area contributed by atoms with Gasteiger partial charge in [-0.3, -0.25) is 14.5 Å². The number of carboxylic acid groups (broad SMARTS) is 2. The molecule has 27 heavy (non-hydrogen) atoms. The van der Waals surface area contributed by atoms with Crippen molar-refractivity contribution in [2.24, 2.45) is 0 Å². The summed E-state index contributed by atoms with van der Waals surface area (Å²) in [5.74, 6) is -2.87. The molecular formula is C17H17NO7S2. The average Bonchev–Trinajstić information content (AvgIpc) is 2.85. The zero-order chi connectivity index (χ0) is 20.1. The van der Waals surface area contributed by atoms with Crippen LogP contribution in [0.25, 0.3) is 6.08 Å². The molecule has 10 heteroatoms. The van der Waals surface area contributed by atoms with E-state index >= 15 is 0 Å².